The van der Waals surface area contributed by atoms with Crippen LogP contribution in [-0.2, 0) is 12.7 Å². The second-order valence-electron chi connectivity index (χ2n) is 2.66. The normalized spacial score (nSPS) is 11.8. The van der Waals surface area contributed by atoms with E-state index in [1.165, 1.54) is 0 Å². The molecule has 0 heterocycles. The molecule has 0 aliphatic heterocycles. The first-order chi connectivity index (χ1) is 6.43. The summed E-state index contributed by atoms with van der Waals surface area (Å²) in [6, 6.07) is 2.48. The molecule has 14 heavy (non-hydrogen) atoms. The predicted octanol–water partition coefficient (Wildman–Crippen LogP) is 3.28. The Labute approximate surface area is 92.0 Å². The highest BCUT2D eigenvalue weighted by molar-refractivity contribution is 14.1. The van der Waals surface area contributed by atoms with Crippen molar-refractivity contribution in [1.29, 1.82) is 0 Å². The molecular formula is C8H6F4IN. The smallest absolute Gasteiger partial charge is 0.257 e. The summed E-state index contributed by atoms with van der Waals surface area (Å²) < 4.78 is 52.0. The summed E-state index contributed by atoms with van der Waals surface area (Å²) in [4.78, 5) is 0. The van der Waals surface area contributed by atoms with Gasteiger partial charge in [0, 0.05) is 29.4 Å². The van der Waals surface area contributed by atoms with Gasteiger partial charge in [-0.3, -0.25) is 3.53 Å². The molecule has 0 aliphatic rings. The molecule has 0 aromatic heterocycles. The predicted molar refractivity (Wildman–Crippen MR) is 52.3 cm³/mol. The largest absolute Gasteiger partial charge is 0.416 e. The van der Waals surface area contributed by atoms with Gasteiger partial charge >= 0.3 is 6.18 Å². The highest BCUT2D eigenvalue weighted by atomic mass is 127. The van der Waals surface area contributed by atoms with Crippen LogP contribution < -0.4 is 3.53 Å². The summed E-state index contributed by atoms with van der Waals surface area (Å²) in [5.41, 5.74) is -0.689. The molecule has 78 valence electrons. The van der Waals surface area contributed by atoms with E-state index in [0.29, 0.717) is 6.07 Å². The van der Waals surface area contributed by atoms with Gasteiger partial charge in [-0.05, 0) is 23.8 Å². The fraction of sp³-hybridized carbons (Fsp3) is 0.250. The highest BCUT2D eigenvalue weighted by Gasteiger charge is 2.31. The minimum atomic E-state index is -4.50. The van der Waals surface area contributed by atoms with Crippen LogP contribution >= 0.6 is 22.9 Å². The summed E-state index contributed by atoms with van der Waals surface area (Å²) in [5.74, 6) is -0.874. The fourth-order valence-electron chi connectivity index (χ4n) is 0.993. The molecule has 0 fully saturated rings. The first-order valence-corrected chi connectivity index (χ1v) is 4.71. The van der Waals surface area contributed by atoms with Gasteiger partial charge in [0.25, 0.3) is 0 Å². The van der Waals surface area contributed by atoms with Crippen LogP contribution in [0.2, 0.25) is 0 Å². The van der Waals surface area contributed by atoms with Gasteiger partial charge in [-0.15, -0.1) is 0 Å². The maximum Gasteiger partial charge on any atom is 0.416 e. The second-order valence-corrected chi connectivity index (χ2v) is 3.42. The minimum absolute atomic E-state index is 0.196. The summed E-state index contributed by atoms with van der Waals surface area (Å²) in [7, 11) is 0. The number of nitrogens with one attached hydrogen (secondary N) is 1. The fourth-order valence-corrected chi connectivity index (χ4v) is 1.43. The van der Waals surface area contributed by atoms with Crippen LogP contribution in [-0.4, -0.2) is 0 Å². The molecule has 0 saturated heterocycles. The molecule has 1 N–H and O–H groups in total. The van der Waals surface area contributed by atoms with Crippen LogP contribution in [0.15, 0.2) is 18.2 Å². The van der Waals surface area contributed by atoms with E-state index in [4.69, 9.17) is 0 Å². The lowest BCUT2D eigenvalue weighted by Gasteiger charge is -2.08. The highest BCUT2D eigenvalue weighted by Crippen LogP contribution is 2.30. The molecule has 0 unspecified atom stereocenters. The molecule has 0 saturated carbocycles. The van der Waals surface area contributed by atoms with E-state index in [9.17, 15) is 17.6 Å². The topological polar surface area (TPSA) is 12.0 Å². The monoisotopic (exact) mass is 319 g/mol. The second kappa shape index (κ2) is 4.43. The average Bonchev–Trinajstić information content (AvgIpc) is 2.02. The summed E-state index contributed by atoms with van der Waals surface area (Å²) >= 11 is 1.78. The lowest BCUT2D eigenvalue weighted by molar-refractivity contribution is -0.137. The number of halogens is 5. The van der Waals surface area contributed by atoms with Crippen LogP contribution in [0.5, 0.6) is 0 Å². The summed E-state index contributed by atoms with van der Waals surface area (Å²) in [5, 5.41) is 0. The molecule has 1 rings (SSSR count). The Morgan fingerprint density at radius 1 is 1.21 bits per heavy atom. The van der Waals surface area contributed by atoms with Crippen molar-refractivity contribution in [2.24, 2.45) is 0 Å². The Morgan fingerprint density at radius 3 is 2.36 bits per heavy atom. The van der Waals surface area contributed by atoms with Gasteiger partial charge in [-0.25, -0.2) is 4.39 Å². The molecule has 0 bridgehead atoms. The lowest BCUT2D eigenvalue weighted by atomic mass is 10.1. The maximum absolute atomic E-state index is 12.8. The van der Waals surface area contributed by atoms with Gasteiger partial charge in [-0.1, -0.05) is 0 Å². The molecule has 1 aromatic carbocycles. The van der Waals surface area contributed by atoms with E-state index < -0.39 is 17.6 Å². The molecule has 0 aliphatic carbocycles. The van der Waals surface area contributed by atoms with Crippen molar-refractivity contribution in [2.75, 3.05) is 0 Å². The number of hydrogen-bond acceptors (Lipinski definition) is 1. The number of hydrogen-bond donors (Lipinski definition) is 1. The van der Waals surface area contributed by atoms with Crippen molar-refractivity contribution in [1.82, 2.24) is 3.53 Å². The van der Waals surface area contributed by atoms with Crippen molar-refractivity contribution in [3.8, 4) is 0 Å². The SMILES string of the molecule is Fc1cc(CNI)cc(C(F)(F)F)c1. The third kappa shape index (κ3) is 3.09. The molecule has 0 amide bonds. The van der Waals surface area contributed by atoms with Crippen LogP contribution in [0, 0.1) is 5.82 Å². The molecular weight excluding hydrogens is 313 g/mol. The van der Waals surface area contributed by atoms with Gasteiger partial charge in [0.05, 0.1) is 5.56 Å². The Morgan fingerprint density at radius 2 is 1.86 bits per heavy atom. The van der Waals surface area contributed by atoms with Crippen LogP contribution in [0.1, 0.15) is 11.1 Å². The summed E-state index contributed by atoms with van der Waals surface area (Å²) in [6.07, 6.45) is -4.50. The standard InChI is InChI=1S/C8H6F4IN/c9-7-2-5(4-14-13)1-6(3-7)8(10,11)12/h1-3,14H,4H2. The van der Waals surface area contributed by atoms with E-state index in [0.717, 1.165) is 12.1 Å². The zero-order chi connectivity index (χ0) is 10.8. The molecule has 6 heteroatoms. The van der Waals surface area contributed by atoms with E-state index in [1.807, 2.05) is 0 Å². The zero-order valence-electron chi connectivity index (χ0n) is 6.83. The van der Waals surface area contributed by atoms with Crippen molar-refractivity contribution < 1.29 is 17.6 Å². The zero-order valence-corrected chi connectivity index (χ0v) is 8.99. The van der Waals surface area contributed by atoms with Crippen molar-refractivity contribution in [3.05, 3.63) is 35.1 Å². The van der Waals surface area contributed by atoms with Crippen LogP contribution in [0.25, 0.3) is 0 Å². The van der Waals surface area contributed by atoms with E-state index in [2.05, 4.69) is 3.53 Å². The number of benzene rings is 1. The first kappa shape index (κ1) is 11.7. The number of alkyl halides is 3. The van der Waals surface area contributed by atoms with E-state index in [1.54, 1.807) is 22.9 Å². The van der Waals surface area contributed by atoms with E-state index >= 15 is 0 Å². The third-order valence-electron chi connectivity index (χ3n) is 1.56. The van der Waals surface area contributed by atoms with Crippen LogP contribution in [0.4, 0.5) is 17.6 Å². The van der Waals surface area contributed by atoms with Gasteiger partial charge in [0.2, 0.25) is 0 Å². The Balaban J connectivity index is 3.07. The quantitative estimate of drug-likeness (QED) is 0.501. The average molecular weight is 319 g/mol. The molecule has 0 atom stereocenters. The van der Waals surface area contributed by atoms with E-state index in [-0.39, 0.29) is 12.1 Å². The van der Waals surface area contributed by atoms with Gasteiger partial charge in [0.1, 0.15) is 5.82 Å². The van der Waals surface area contributed by atoms with Crippen molar-refractivity contribution >= 4 is 22.9 Å². The minimum Gasteiger partial charge on any atom is -0.257 e. The Kier molecular flexibility index (Phi) is 3.71. The maximum atomic E-state index is 12.8. The Hall–Kier alpha value is -0.370. The lowest BCUT2D eigenvalue weighted by Crippen LogP contribution is -2.08. The first-order valence-electron chi connectivity index (χ1n) is 3.63. The number of rotatable bonds is 2. The molecule has 0 radical (unpaired) electrons. The van der Waals surface area contributed by atoms with Crippen molar-refractivity contribution in [3.63, 3.8) is 0 Å². The summed E-state index contributed by atoms with van der Waals surface area (Å²) in [6.45, 7) is 0.196. The third-order valence-corrected chi connectivity index (χ3v) is 1.94. The molecule has 1 nitrogen and oxygen atoms in total. The van der Waals surface area contributed by atoms with Gasteiger partial charge in [-0.2, -0.15) is 13.2 Å². The molecule has 0 spiro atoms. The molecule has 1 aromatic rings. The van der Waals surface area contributed by atoms with Gasteiger partial charge < -0.3 is 0 Å². The van der Waals surface area contributed by atoms with Crippen LogP contribution in [0.3, 0.4) is 0 Å². The van der Waals surface area contributed by atoms with Crippen molar-refractivity contribution in [2.45, 2.75) is 12.7 Å². The van der Waals surface area contributed by atoms with Gasteiger partial charge in [0.15, 0.2) is 0 Å². The Bertz CT molecular complexity index is 324.